The summed E-state index contributed by atoms with van der Waals surface area (Å²) in [5.41, 5.74) is 6.07. The molecule has 0 radical (unpaired) electrons. The highest BCUT2D eigenvalue weighted by molar-refractivity contribution is 7.89. The van der Waals surface area contributed by atoms with Crippen LogP contribution >= 0.6 is 0 Å². The molecule has 0 aromatic heterocycles. The Bertz CT molecular complexity index is 486. The van der Waals surface area contributed by atoms with E-state index in [2.05, 4.69) is 18.6 Å². The lowest BCUT2D eigenvalue weighted by Crippen LogP contribution is -2.29. The van der Waals surface area contributed by atoms with Gasteiger partial charge in [0.1, 0.15) is 0 Å². The fourth-order valence-electron chi connectivity index (χ4n) is 1.94. The zero-order chi connectivity index (χ0) is 14.3. The largest absolute Gasteiger partial charge is 0.399 e. The zero-order valence-corrected chi connectivity index (χ0v) is 12.5. The number of nitrogens with one attached hydrogen (secondary N) is 1. The first-order chi connectivity index (χ1) is 8.99. The second-order valence-corrected chi connectivity index (χ2v) is 6.61. The third-order valence-electron chi connectivity index (χ3n) is 3.27. The van der Waals surface area contributed by atoms with E-state index in [1.165, 1.54) is 6.07 Å². The molecule has 0 aliphatic rings. The van der Waals surface area contributed by atoms with Gasteiger partial charge in [-0.15, -0.1) is 0 Å². The van der Waals surface area contributed by atoms with Gasteiger partial charge in [-0.3, -0.25) is 0 Å². The maximum absolute atomic E-state index is 12.1. The van der Waals surface area contributed by atoms with Gasteiger partial charge in [0, 0.05) is 12.2 Å². The van der Waals surface area contributed by atoms with E-state index in [9.17, 15) is 8.42 Å². The fraction of sp³-hybridized carbons (Fsp3) is 0.571. The Labute approximate surface area is 116 Å². The first kappa shape index (κ1) is 16.0. The van der Waals surface area contributed by atoms with E-state index >= 15 is 0 Å². The molecule has 19 heavy (non-hydrogen) atoms. The van der Waals surface area contributed by atoms with Crippen molar-refractivity contribution in [2.24, 2.45) is 5.92 Å². The van der Waals surface area contributed by atoms with Gasteiger partial charge in [0.25, 0.3) is 0 Å². The number of nitrogens with two attached hydrogens (primary N) is 1. The summed E-state index contributed by atoms with van der Waals surface area (Å²) in [6.07, 6.45) is 4.32. The van der Waals surface area contributed by atoms with Crippen LogP contribution in [0.3, 0.4) is 0 Å². The molecule has 1 aromatic rings. The molecule has 108 valence electrons. The standard InChI is InChI=1S/C14H24N2O2S/c1-3-5-7-12(4-2)11-16-19(17,18)14-9-6-8-13(15)10-14/h6,8-10,12,16H,3-5,7,11,15H2,1-2H3. The van der Waals surface area contributed by atoms with Gasteiger partial charge in [-0.25, -0.2) is 13.1 Å². The number of nitrogen functional groups attached to an aromatic ring is 1. The summed E-state index contributed by atoms with van der Waals surface area (Å²) in [5.74, 6) is 0.399. The first-order valence-corrected chi connectivity index (χ1v) is 8.33. The van der Waals surface area contributed by atoms with Crippen LogP contribution in [0.1, 0.15) is 39.5 Å². The minimum Gasteiger partial charge on any atom is -0.399 e. The number of anilines is 1. The minimum atomic E-state index is -3.44. The van der Waals surface area contributed by atoms with Crippen molar-refractivity contribution in [3.8, 4) is 0 Å². The van der Waals surface area contributed by atoms with Crippen LogP contribution < -0.4 is 10.5 Å². The summed E-state index contributed by atoms with van der Waals surface area (Å²) >= 11 is 0. The van der Waals surface area contributed by atoms with Crippen LogP contribution in [-0.4, -0.2) is 15.0 Å². The van der Waals surface area contributed by atoms with Crippen LogP contribution in [0, 0.1) is 5.92 Å². The van der Waals surface area contributed by atoms with E-state index < -0.39 is 10.0 Å². The summed E-state index contributed by atoms with van der Waals surface area (Å²) in [6, 6.07) is 6.37. The molecule has 0 saturated heterocycles. The highest BCUT2D eigenvalue weighted by Crippen LogP contribution is 2.15. The van der Waals surface area contributed by atoms with Gasteiger partial charge >= 0.3 is 0 Å². The lowest BCUT2D eigenvalue weighted by Gasteiger charge is -2.15. The number of rotatable bonds is 8. The lowest BCUT2D eigenvalue weighted by molar-refractivity contribution is 0.444. The van der Waals surface area contributed by atoms with Gasteiger partial charge < -0.3 is 5.73 Å². The average molecular weight is 284 g/mol. The van der Waals surface area contributed by atoms with Crippen LogP contribution in [-0.2, 0) is 10.0 Å². The van der Waals surface area contributed by atoms with Gasteiger partial charge in [0.05, 0.1) is 4.90 Å². The number of hydrogen-bond donors (Lipinski definition) is 2. The molecule has 0 amide bonds. The third-order valence-corrected chi connectivity index (χ3v) is 4.69. The van der Waals surface area contributed by atoms with Crippen molar-refractivity contribution in [1.29, 1.82) is 0 Å². The van der Waals surface area contributed by atoms with Crippen LogP contribution in [0.4, 0.5) is 5.69 Å². The first-order valence-electron chi connectivity index (χ1n) is 6.84. The molecular weight excluding hydrogens is 260 g/mol. The molecule has 5 heteroatoms. The van der Waals surface area contributed by atoms with Gasteiger partial charge in [-0.2, -0.15) is 0 Å². The summed E-state index contributed by atoms with van der Waals surface area (Å²) in [5, 5.41) is 0. The Morgan fingerprint density at radius 1 is 1.32 bits per heavy atom. The predicted molar refractivity (Wildman–Crippen MR) is 79.3 cm³/mol. The van der Waals surface area contributed by atoms with E-state index in [0.717, 1.165) is 25.7 Å². The number of hydrogen-bond acceptors (Lipinski definition) is 3. The Balaban J connectivity index is 2.64. The van der Waals surface area contributed by atoms with E-state index in [1.54, 1.807) is 18.2 Å². The molecule has 0 heterocycles. The second kappa shape index (κ2) is 7.50. The third kappa shape index (κ3) is 5.20. The molecule has 1 atom stereocenters. The average Bonchev–Trinajstić information content (AvgIpc) is 2.39. The van der Waals surface area contributed by atoms with E-state index in [0.29, 0.717) is 18.2 Å². The van der Waals surface area contributed by atoms with Crippen molar-refractivity contribution in [2.75, 3.05) is 12.3 Å². The minimum absolute atomic E-state index is 0.234. The van der Waals surface area contributed by atoms with Crippen LogP contribution in [0.25, 0.3) is 0 Å². The molecule has 1 unspecified atom stereocenters. The highest BCUT2D eigenvalue weighted by atomic mass is 32.2. The molecule has 1 rings (SSSR count). The van der Waals surface area contributed by atoms with Crippen LogP contribution in [0.5, 0.6) is 0 Å². The van der Waals surface area contributed by atoms with Crippen molar-refractivity contribution in [3.63, 3.8) is 0 Å². The maximum Gasteiger partial charge on any atom is 0.240 e. The lowest BCUT2D eigenvalue weighted by atomic mass is 10.00. The summed E-state index contributed by atoms with van der Waals surface area (Å²) in [7, 11) is -3.44. The number of unbranched alkanes of at least 4 members (excludes halogenated alkanes) is 1. The Kier molecular flexibility index (Phi) is 6.31. The Hall–Kier alpha value is -1.07. The van der Waals surface area contributed by atoms with Crippen molar-refractivity contribution in [1.82, 2.24) is 4.72 Å². The smallest absolute Gasteiger partial charge is 0.240 e. The normalized spacial score (nSPS) is 13.4. The molecule has 0 saturated carbocycles. The van der Waals surface area contributed by atoms with Crippen molar-refractivity contribution in [2.45, 2.75) is 44.4 Å². The molecule has 4 nitrogen and oxygen atoms in total. The van der Waals surface area contributed by atoms with Crippen molar-refractivity contribution < 1.29 is 8.42 Å². The SMILES string of the molecule is CCCCC(CC)CNS(=O)(=O)c1cccc(N)c1. The fourth-order valence-corrected chi connectivity index (χ4v) is 3.11. The van der Waals surface area contributed by atoms with Gasteiger partial charge in [-0.1, -0.05) is 39.2 Å². The molecular formula is C14H24N2O2S. The summed E-state index contributed by atoms with van der Waals surface area (Å²) in [6.45, 7) is 4.73. The maximum atomic E-state index is 12.1. The Morgan fingerprint density at radius 2 is 2.05 bits per heavy atom. The topological polar surface area (TPSA) is 72.2 Å². The molecule has 1 aromatic carbocycles. The van der Waals surface area contributed by atoms with Gasteiger partial charge in [-0.05, 0) is 30.5 Å². The molecule has 0 aliphatic heterocycles. The monoisotopic (exact) mass is 284 g/mol. The molecule has 0 spiro atoms. The number of benzene rings is 1. The van der Waals surface area contributed by atoms with Crippen molar-refractivity contribution >= 4 is 15.7 Å². The van der Waals surface area contributed by atoms with E-state index in [-0.39, 0.29) is 4.90 Å². The van der Waals surface area contributed by atoms with Gasteiger partial charge in [0.2, 0.25) is 10.0 Å². The van der Waals surface area contributed by atoms with Crippen LogP contribution in [0.15, 0.2) is 29.2 Å². The molecule has 0 fully saturated rings. The van der Waals surface area contributed by atoms with Crippen molar-refractivity contribution in [3.05, 3.63) is 24.3 Å². The molecule has 3 N–H and O–H groups in total. The quantitative estimate of drug-likeness (QED) is 0.721. The summed E-state index contributed by atoms with van der Waals surface area (Å²) in [4.78, 5) is 0.234. The molecule has 0 bridgehead atoms. The number of sulfonamides is 1. The summed E-state index contributed by atoms with van der Waals surface area (Å²) < 4.78 is 26.9. The Morgan fingerprint density at radius 3 is 2.63 bits per heavy atom. The molecule has 0 aliphatic carbocycles. The van der Waals surface area contributed by atoms with Gasteiger partial charge in [0.15, 0.2) is 0 Å². The zero-order valence-electron chi connectivity index (χ0n) is 11.7. The van der Waals surface area contributed by atoms with E-state index in [1.807, 2.05) is 0 Å². The predicted octanol–water partition coefficient (Wildman–Crippen LogP) is 2.76. The van der Waals surface area contributed by atoms with Crippen LogP contribution in [0.2, 0.25) is 0 Å². The van der Waals surface area contributed by atoms with E-state index in [4.69, 9.17) is 5.73 Å². The second-order valence-electron chi connectivity index (χ2n) is 4.84. The highest BCUT2D eigenvalue weighted by Gasteiger charge is 2.16.